The van der Waals surface area contributed by atoms with Crippen LogP contribution in [0, 0.1) is 11.6 Å². The number of ether oxygens (including phenoxy) is 2. The Bertz CT molecular complexity index is 1690. The van der Waals surface area contributed by atoms with E-state index in [1.165, 1.54) is 24.6 Å². The highest BCUT2D eigenvalue weighted by Crippen LogP contribution is 2.34. The number of hydrogen-bond acceptors (Lipinski definition) is 7. The zero-order chi connectivity index (χ0) is 28.8. The van der Waals surface area contributed by atoms with Gasteiger partial charge in [-0.1, -0.05) is 65.4 Å². The lowest BCUT2D eigenvalue weighted by molar-refractivity contribution is 0.00709. The number of imidazole rings is 1. The number of aliphatic hydroxyl groups is 1. The van der Waals surface area contributed by atoms with Crippen molar-refractivity contribution < 1.29 is 27.6 Å². The van der Waals surface area contributed by atoms with E-state index in [1.807, 2.05) is 6.92 Å². The standard InChI is InChI=1S/C27H26ClF2IN4O4S/c1-4-20(25-23(31)19(36)12-38-25)39-27-32-18-11-16(28)24(33-26(18)34-27)14-7-5-13(6-8-14)15-9-10-17(22(30)21(15)29)35-40(2,3)37/h5-11,19-20,23,25,36H,4,12H2,1-3H3,(H,32,33,34)/t19-,20-,23?,25?/m1/s1. The third kappa shape index (κ3) is 5.96. The van der Waals surface area contributed by atoms with E-state index in [0.717, 1.165) is 0 Å². The van der Waals surface area contributed by atoms with Gasteiger partial charge in [0.1, 0.15) is 17.9 Å². The summed E-state index contributed by atoms with van der Waals surface area (Å²) in [6, 6.07) is 11.4. The zero-order valence-corrected chi connectivity index (χ0v) is 25.4. The average Bonchev–Trinajstić information content (AvgIpc) is 3.45. The van der Waals surface area contributed by atoms with Gasteiger partial charge in [-0.2, -0.15) is 9.35 Å². The van der Waals surface area contributed by atoms with Crippen molar-refractivity contribution in [3.05, 3.63) is 59.1 Å². The van der Waals surface area contributed by atoms with Gasteiger partial charge in [-0.3, -0.25) is 0 Å². The first-order valence-electron chi connectivity index (χ1n) is 12.4. The van der Waals surface area contributed by atoms with Crippen LogP contribution in [-0.2, 0) is 14.5 Å². The van der Waals surface area contributed by atoms with Crippen molar-refractivity contribution in [2.24, 2.45) is 4.36 Å². The van der Waals surface area contributed by atoms with Gasteiger partial charge in [-0.25, -0.2) is 18.0 Å². The lowest BCUT2D eigenvalue weighted by atomic mass is 10.0. The Morgan fingerprint density at radius 3 is 2.52 bits per heavy atom. The molecule has 3 heterocycles. The number of fused-ring (bicyclic) bond motifs is 1. The van der Waals surface area contributed by atoms with Crippen LogP contribution in [0.5, 0.6) is 6.01 Å². The topological polar surface area (TPSA) is 110 Å². The third-order valence-corrected chi connectivity index (χ3v) is 8.89. The number of pyridine rings is 1. The van der Waals surface area contributed by atoms with Crippen molar-refractivity contribution >= 4 is 60.8 Å². The smallest absolute Gasteiger partial charge is 0.296 e. The number of H-pyrrole nitrogens is 1. The van der Waals surface area contributed by atoms with E-state index in [1.54, 1.807) is 30.3 Å². The molecule has 2 unspecified atom stereocenters. The number of nitrogens with one attached hydrogen (secondary N) is 1. The van der Waals surface area contributed by atoms with Crippen molar-refractivity contribution in [2.75, 3.05) is 19.1 Å². The molecule has 0 spiro atoms. The molecule has 4 atom stereocenters. The summed E-state index contributed by atoms with van der Waals surface area (Å²) in [7, 11) is -2.65. The maximum absolute atomic E-state index is 14.8. The number of nitrogens with zero attached hydrogens (tertiary/aromatic N) is 3. The predicted molar refractivity (Wildman–Crippen MR) is 160 cm³/mol. The van der Waals surface area contributed by atoms with Gasteiger partial charge in [-0.15, -0.1) is 0 Å². The van der Waals surface area contributed by atoms with Gasteiger partial charge in [0.15, 0.2) is 17.3 Å². The molecule has 1 saturated heterocycles. The summed E-state index contributed by atoms with van der Waals surface area (Å²) in [6.45, 7) is 2.24. The largest absolute Gasteiger partial charge is 0.459 e. The van der Waals surface area contributed by atoms with Crippen LogP contribution < -0.4 is 4.74 Å². The number of rotatable bonds is 7. The van der Waals surface area contributed by atoms with Crippen LogP contribution in [0.2, 0.25) is 5.02 Å². The molecule has 0 amide bonds. The molecular formula is C27H26ClF2IN4O4S. The second-order valence-electron chi connectivity index (χ2n) is 9.72. The number of hydrogen-bond donors (Lipinski definition) is 2. The number of benzene rings is 2. The molecule has 1 fully saturated rings. The van der Waals surface area contributed by atoms with E-state index in [9.17, 15) is 18.1 Å². The summed E-state index contributed by atoms with van der Waals surface area (Å²) in [4.78, 5) is 12.2. The summed E-state index contributed by atoms with van der Waals surface area (Å²) >= 11 is 8.72. The number of alkyl halides is 1. The molecule has 8 nitrogen and oxygen atoms in total. The highest BCUT2D eigenvalue weighted by molar-refractivity contribution is 14.1. The Kier molecular flexibility index (Phi) is 8.35. The van der Waals surface area contributed by atoms with Gasteiger partial charge >= 0.3 is 0 Å². The lowest BCUT2D eigenvalue weighted by Gasteiger charge is -2.24. The molecule has 2 aromatic heterocycles. The SMILES string of the molecule is CC[C@@H](Oc1nc2nc(-c3ccc(-c4ccc(N=S(C)(C)=O)c(F)c4F)cc3)c(Cl)cc2[nH]1)C1OC[C@@H](O)C1I. The van der Waals surface area contributed by atoms with E-state index >= 15 is 0 Å². The fourth-order valence-electron chi connectivity index (χ4n) is 4.48. The Morgan fingerprint density at radius 1 is 1.20 bits per heavy atom. The molecule has 0 radical (unpaired) electrons. The minimum Gasteiger partial charge on any atom is -0.459 e. The molecule has 0 aliphatic carbocycles. The van der Waals surface area contributed by atoms with Crippen LogP contribution in [0.25, 0.3) is 33.5 Å². The second kappa shape index (κ2) is 11.5. The van der Waals surface area contributed by atoms with E-state index in [2.05, 4.69) is 41.9 Å². The summed E-state index contributed by atoms with van der Waals surface area (Å²) in [5.74, 6) is -2.23. The van der Waals surface area contributed by atoms with Gasteiger partial charge in [0, 0.05) is 33.4 Å². The fraction of sp³-hybridized carbons (Fsp3) is 0.333. The first kappa shape index (κ1) is 29.1. The molecule has 1 aliphatic rings. The van der Waals surface area contributed by atoms with Gasteiger partial charge in [0.05, 0.1) is 32.9 Å². The van der Waals surface area contributed by atoms with Crippen LogP contribution >= 0.6 is 34.2 Å². The summed E-state index contributed by atoms with van der Waals surface area (Å²) in [5, 5.41) is 10.4. The van der Waals surface area contributed by atoms with Gasteiger partial charge < -0.3 is 19.6 Å². The van der Waals surface area contributed by atoms with Crippen LogP contribution in [0.1, 0.15) is 13.3 Å². The molecular weight excluding hydrogens is 677 g/mol. The minimum atomic E-state index is -2.65. The highest BCUT2D eigenvalue weighted by atomic mass is 127. The monoisotopic (exact) mass is 702 g/mol. The maximum Gasteiger partial charge on any atom is 0.296 e. The zero-order valence-electron chi connectivity index (χ0n) is 21.7. The predicted octanol–water partition coefficient (Wildman–Crippen LogP) is 6.30. The normalized spacial score (nSPS) is 20.1. The van der Waals surface area contributed by atoms with Crippen molar-refractivity contribution in [2.45, 2.75) is 35.6 Å². The number of aliphatic hydroxyl groups excluding tert-OH is 1. The fourth-order valence-corrected chi connectivity index (χ4v) is 6.24. The van der Waals surface area contributed by atoms with Gasteiger partial charge in [0.25, 0.3) is 6.01 Å². The second-order valence-corrected chi connectivity index (χ2v) is 14.1. The lowest BCUT2D eigenvalue weighted by Crippen LogP contribution is -2.38. The van der Waals surface area contributed by atoms with E-state index in [-0.39, 0.29) is 40.0 Å². The van der Waals surface area contributed by atoms with Gasteiger partial charge in [0.2, 0.25) is 0 Å². The first-order chi connectivity index (χ1) is 18.9. The molecule has 13 heteroatoms. The molecule has 5 rings (SSSR count). The number of aromatic nitrogens is 3. The van der Waals surface area contributed by atoms with Crippen LogP contribution in [0.15, 0.2) is 46.8 Å². The first-order valence-corrected chi connectivity index (χ1v) is 16.3. The van der Waals surface area contributed by atoms with Crippen molar-refractivity contribution in [3.8, 4) is 28.4 Å². The Morgan fingerprint density at radius 2 is 1.90 bits per heavy atom. The number of halogens is 4. The Hall–Kier alpha value is -2.39. The van der Waals surface area contributed by atoms with Crippen LogP contribution in [0.3, 0.4) is 0 Å². The minimum absolute atomic E-state index is 0.0447. The van der Waals surface area contributed by atoms with Crippen LogP contribution in [0.4, 0.5) is 14.5 Å². The molecule has 1 aliphatic heterocycles. The van der Waals surface area contributed by atoms with Crippen molar-refractivity contribution in [1.29, 1.82) is 0 Å². The molecule has 2 N–H and O–H groups in total. The molecule has 212 valence electrons. The third-order valence-electron chi connectivity index (χ3n) is 6.43. The molecule has 2 aromatic carbocycles. The Balaban J connectivity index is 1.40. The summed E-state index contributed by atoms with van der Waals surface area (Å²) < 4.78 is 56.8. The molecule has 4 aromatic rings. The van der Waals surface area contributed by atoms with Crippen molar-refractivity contribution in [1.82, 2.24) is 15.0 Å². The molecule has 40 heavy (non-hydrogen) atoms. The quantitative estimate of drug-likeness (QED) is 0.173. The maximum atomic E-state index is 14.8. The highest BCUT2D eigenvalue weighted by Gasteiger charge is 2.40. The van der Waals surface area contributed by atoms with E-state index in [0.29, 0.717) is 39.4 Å². The van der Waals surface area contributed by atoms with Gasteiger partial charge in [-0.05, 0) is 30.2 Å². The average molecular weight is 703 g/mol. The van der Waals surface area contributed by atoms with Crippen LogP contribution in [-0.4, -0.2) is 65.6 Å². The Labute approximate surface area is 248 Å². The number of aromatic amines is 1. The summed E-state index contributed by atoms with van der Waals surface area (Å²) in [6.07, 6.45) is 2.22. The summed E-state index contributed by atoms with van der Waals surface area (Å²) in [5.41, 5.74) is 2.28. The molecule has 0 bridgehead atoms. The molecule has 0 saturated carbocycles. The van der Waals surface area contributed by atoms with E-state index in [4.69, 9.17) is 21.1 Å². The van der Waals surface area contributed by atoms with Crippen molar-refractivity contribution in [3.63, 3.8) is 0 Å². The van der Waals surface area contributed by atoms with E-state index < -0.39 is 27.5 Å².